The Morgan fingerprint density at radius 2 is 2.15 bits per heavy atom. The van der Waals surface area contributed by atoms with Gasteiger partial charge in [-0.1, -0.05) is 23.2 Å². The van der Waals surface area contributed by atoms with Crippen LogP contribution in [0.1, 0.15) is 23.3 Å². The highest BCUT2D eigenvalue weighted by Crippen LogP contribution is 2.28. The summed E-state index contributed by atoms with van der Waals surface area (Å²) in [6, 6.07) is 5.38. The molecule has 6 heteroatoms. The van der Waals surface area contributed by atoms with Crippen LogP contribution in [0.4, 0.5) is 0 Å². The van der Waals surface area contributed by atoms with Crippen LogP contribution in [-0.4, -0.2) is 30.0 Å². The summed E-state index contributed by atoms with van der Waals surface area (Å²) in [5, 5.41) is 8.19. The topological polar surface area (TPSA) is 56.9 Å². The minimum absolute atomic E-state index is 0.109. The molecule has 2 heterocycles. The average molecular weight is 312 g/mol. The van der Waals surface area contributed by atoms with Gasteiger partial charge in [-0.25, -0.2) is 0 Å². The molecule has 0 radical (unpaired) electrons. The first-order valence-electron chi connectivity index (χ1n) is 6.63. The molecule has 0 saturated carbocycles. The number of hydrogen-bond acceptors (Lipinski definition) is 2. The lowest BCUT2D eigenvalue weighted by Crippen LogP contribution is -2.45. The molecule has 1 aliphatic heterocycles. The van der Waals surface area contributed by atoms with E-state index in [4.69, 9.17) is 23.2 Å². The molecule has 1 aliphatic rings. The lowest BCUT2D eigenvalue weighted by molar-refractivity contribution is 0.0926. The third-order valence-electron chi connectivity index (χ3n) is 3.53. The molecule has 3 rings (SSSR count). The molecule has 0 unspecified atom stereocenters. The number of aromatic nitrogens is 1. The van der Waals surface area contributed by atoms with Crippen molar-refractivity contribution in [1.29, 1.82) is 0 Å². The van der Waals surface area contributed by atoms with Gasteiger partial charge >= 0.3 is 0 Å². The quantitative estimate of drug-likeness (QED) is 0.798. The lowest BCUT2D eigenvalue weighted by Gasteiger charge is -2.23. The van der Waals surface area contributed by atoms with Crippen molar-refractivity contribution in [2.75, 3.05) is 13.1 Å². The molecular formula is C14H15Cl2N3O. The van der Waals surface area contributed by atoms with Crippen molar-refractivity contribution in [2.45, 2.75) is 18.9 Å². The van der Waals surface area contributed by atoms with Crippen LogP contribution < -0.4 is 10.6 Å². The van der Waals surface area contributed by atoms with E-state index in [0.717, 1.165) is 36.8 Å². The van der Waals surface area contributed by atoms with E-state index in [1.807, 2.05) is 0 Å². The predicted octanol–water partition coefficient (Wildman–Crippen LogP) is 2.96. The number of H-pyrrole nitrogens is 1. The van der Waals surface area contributed by atoms with Crippen molar-refractivity contribution >= 4 is 40.0 Å². The van der Waals surface area contributed by atoms with Gasteiger partial charge in [0.2, 0.25) is 0 Å². The Morgan fingerprint density at radius 1 is 1.30 bits per heavy atom. The fraction of sp³-hybridized carbons (Fsp3) is 0.357. The van der Waals surface area contributed by atoms with Crippen molar-refractivity contribution < 1.29 is 4.79 Å². The Labute approximate surface area is 126 Å². The van der Waals surface area contributed by atoms with E-state index in [0.29, 0.717) is 15.7 Å². The number of carbonyl (C=O) groups excluding carboxylic acids is 1. The summed E-state index contributed by atoms with van der Waals surface area (Å²) in [5.41, 5.74) is 1.28. The zero-order valence-electron chi connectivity index (χ0n) is 10.8. The molecular weight excluding hydrogens is 297 g/mol. The third kappa shape index (κ3) is 2.77. The van der Waals surface area contributed by atoms with E-state index in [9.17, 15) is 4.79 Å². The van der Waals surface area contributed by atoms with Crippen molar-refractivity contribution in [3.8, 4) is 0 Å². The number of nitrogens with one attached hydrogen (secondary N) is 3. The lowest BCUT2D eigenvalue weighted by atomic mass is 10.1. The minimum atomic E-state index is -0.109. The second kappa shape index (κ2) is 5.64. The first-order chi connectivity index (χ1) is 9.63. The fourth-order valence-corrected chi connectivity index (χ4v) is 3.07. The van der Waals surface area contributed by atoms with E-state index in [2.05, 4.69) is 15.6 Å². The molecule has 3 N–H and O–H groups in total. The highest BCUT2D eigenvalue weighted by atomic mass is 35.5. The largest absolute Gasteiger partial charge is 0.350 e. The molecule has 1 aromatic heterocycles. The summed E-state index contributed by atoms with van der Waals surface area (Å²) in [6.45, 7) is 1.84. The Morgan fingerprint density at radius 3 is 2.90 bits per heavy atom. The van der Waals surface area contributed by atoms with Gasteiger partial charge in [0.15, 0.2) is 0 Å². The second-order valence-corrected chi connectivity index (χ2v) is 5.89. The smallest absolute Gasteiger partial charge is 0.267 e. The van der Waals surface area contributed by atoms with Crippen LogP contribution in [0, 0.1) is 0 Å². The molecule has 1 fully saturated rings. The molecule has 0 aliphatic carbocycles. The molecule has 0 spiro atoms. The van der Waals surface area contributed by atoms with Crippen LogP contribution in [0.2, 0.25) is 10.0 Å². The van der Waals surface area contributed by atoms with Gasteiger partial charge < -0.3 is 15.6 Å². The van der Waals surface area contributed by atoms with Gasteiger partial charge in [0.1, 0.15) is 5.69 Å². The summed E-state index contributed by atoms with van der Waals surface area (Å²) in [4.78, 5) is 15.3. The fourth-order valence-electron chi connectivity index (χ4n) is 2.52. The minimum Gasteiger partial charge on any atom is -0.350 e. The van der Waals surface area contributed by atoms with Crippen LogP contribution in [0.15, 0.2) is 18.2 Å². The molecule has 1 atom stereocenters. The normalized spacial score (nSPS) is 19.2. The number of carbonyl (C=O) groups is 1. The van der Waals surface area contributed by atoms with Crippen LogP contribution in [0.25, 0.3) is 10.9 Å². The summed E-state index contributed by atoms with van der Waals surface area (Å²) >= 11 is 12.1. The Balaban J connectivity index is 1.82. The summed E-state index contributed by atoms with van der Waals surface area (Å²) in [7, 11) is 0. The van der Waals surface area contributed by atoms with Gasteiger partial charge in [-0.3, -0.25) is 4.79 Å². The number of rotatable bonds is 2. The summed E-state index contributed by atoms with van der Waals surface area (Å²) in [6.07, 6.45) is 2.09. The monoisotopic (exact) mass is 311 g/mol. The van der Waals surface area contributed by atoms with Gasteiger partial charge in [-0.2, -0.15) is 0 Å². The van der Waals surface area contributed by atoms with Crippen molar-refractivity contribution in [2.24, 2.45) is 0 Å². The van der Waals surface area contributed by atoms with E-state index in [1.54, 1.807) is 18.2 Å². The van der Waals surface area contributed by atoms with Gasteiger partial charge in [-0.05, 0) is 37.6 Å². The average Bonchev–Trinajstić information content (AvgIpc) is 2.84. The maximum Gasteiger partial charge on any atom is 0.267 e. The standard InChI is InChI=1S/C14H15Cl2N3O/c15-8-4-11(16)10-6-13(19-12(10)5-8)14(20)18-9-2-1-3-17-7-9/h4-6,9,17,19H,1-3,7H2,(H,18,20)/t9-/m1/s1. The van der Waals surface area contributed by atoms with Crippen LogP contribution in [-0.2, 0) is 0 Å². The van der Waals surface area contributed by atoms with Crippen molar-refractivity contribution in [1.82, 2.24) is 15.6 Å². The van der Waals surface area contributed by atoms with Crippen LogP contribution in [0.5, 0.6) is 0 Å². The third-order valence-corrected chi connectivity index (χ3v) is 4.06. The maximum absolute atomic E-state index is 12.2. The van der Waals surface area contributed by atoms with Gasteiger partial charge in [-0.15, -0.1) is 0 Å². The summed E-state index contributed by atoms with van der Waals surface area (Å²) < 4.78 is 0. The first kappa shape index (κ1) is 13.7. The SMILES string of the molecule is O=C(N[C@@H]1CCCNC1)c1cc2c(Cl)cc(Cl)cc2[nH]1. The molecule has 20 heavy (non-hydrogen) atoms. The summed E-state index contributed by atoms with van der Waals surface area (Å²) in [5.74, 6) is -0.109. The molecule has 106 valence electrons. The Bertz CT molecular complexity index is 647. The van der Waals surface area contributed by atoms with E-state index in [-0.39, 0.29) is 11.9 Å². The maximum atomic E-state index is 12.2. The second-order valence-electron chi connectivity index (χ2n) is 5.05. The molecule has 4 nitrogen and oxygen atoms in total. The number of halogens is 2. The van der Waals surface area contributed by atoms with Crippen LogP contribution in [0.3, 0.4) is 0 Å². The number of hydrogen-bond donors (Lipinski definition) is 3. The predicted molar refractivity (Wildman–Crippen MR) is 81.7 cm³/mol. The highest BCUT2D eigenvalue weighted by molar-refractivity contribution is 6.38. The van der Waals surface area contributed by atoms with Crippen molar-refractivity contribution in [3.63, 3.8) is 0 Å². The zero-order valence-corrected chi connectivity index (χ0v) is 12.3. The molecule has 1 saturated heterocycles. The zero-order chi connectivity index (χ0) is 14.1. The molecule has 2 aromatic rings. The molecule has 1 amide bonds. The Hall–Kier alpha value is -1.23. The van der Waals surface area contributed by atoms with Crippen molar-refractivity contribution in [3.05, 3.63) is 33.9 Å². The van der Waals surface area contributed by atoms with Gasteiger partial charge in [0.25, 0.3) is 5.91 Å². The van der Waals surface area contributed by atoms with E-state index < -0.39 is 0 Å². The van der Waals surface area contributed by atoms with E-state index >= 15 is 0 Å². The number of piperidine rings is 1. The van der Waals surface area contributed by atoms with E-state index in [1.165, 1.54) is 0 Å². The number of aromatic amines is 1. The Kier molecular flexibility index (Phi) is 3.87. The number of amides is 1. The first-order valence-corrected chi connectivity index (χ1v) is 7.38. The number of benzene rings is 1. The van der Waals surface area contributed by atoms with Gasteiger partial charge in [0.05, 0.1) is 5.02 Å². The molecule has 0 bridgehead atoms. The van der Waals surface area contributed by atoms with Gasteiger partial charge in [0, 0.05) is 28.5 Å². The number of fused-ring (bicyclic) bond motifs is 1. The van der Waals surface area contributed by atoms with Crippen LogP contribution >= 0.6 is 23.2 Å². The highest BCUT2D eigenvalue weighted by Gasteiger charge is 2.18. The molecule has 1 aromatic carbocycles.